The van der Waals surface area contributed by atoms with Gasteiger partial charge in [0.15, 0.2) is 0 Å². The van der Waals surface area contributed by atoms with Crippen LogP contribution in [0.15, 0.2) is 0 Å². The van der Waals surface area contributed by atoms with Crippen LogP contribution in [0.4, 0.5) is 13.2 Å². The molecule has 0 radical (unpaired) electrons. The molecule has 2 unspecified atom stereocenters. The Labute approximate surface area is 110 Å². The van der Waals surface area contributed by atoms with Crippen LogP contribution in [0.25, 0.3) is 0 Å². The first-order chi connectivity index (χ1) is 8.14. The van der Waals surface area contributed by atoms with Crippen molar-refractivity contribution in [1.29, 1.82) is 0 Å². The second-order valence-corrected chi connectivity index (χ2v) is 5.70. The Balaban J connectivity index is 0.00000137. The summed E-state index contributed by atoms with van der Waals surface area (Å²) >= 11 is 0. The number of likely N-dealkylation sites (tertiary alicyclic amines) is 1. The van der Waals surface area contributed by atoms with E-state index in [-0.39, 0.29) is 11.5 Å². The van der Waals surface area contributed by atoms with Crippen molar-refractivity contribution >= 4 is 0 Å². The highest BCUT2D eigenvalue weighted by Crippen LogP contribution is 2.41. The van der Waals surface area contributed by atoms with E-state index in [1.54, 1.807) is 4.90 Å². The van der Waals surface area contributed by atoms with Gasteiger partial charge in [0.2, 0.25) is 0 Å². The zero-order valence-corrected chi connectivity index (χ0v) is 12.6. The molecule has 0 aromatic heterocycles. The Hall–Kier alpha value is -0.250. The van der Waals surface area contributed by atoms with Gasteiger partial charge in [0, 0.05) is 6.04 Å². The number of alkyl halides is 3. The summed E-state index contributed by atoms with van der Waals surface area (Å²) in [4.78, 5) is 1.56. The molecular formula is C14H28F3N. The summed E-state index contributed by atoms with van der Waals surface area (Å²) in [6.07, 6.45) is -2.34. The second kappa shape index (κ2) is 6.78. The molecule has 1 rings (SSSR count). The third kappa shape index (κ3) is 5.17. The van der Waals surface area contributed by atoms with Gasteiger partial charge in [-0.15, -0.1) is 0 Å². The third-order valence-corrected chi connectivity index (χ3v) is 4.13. The van der Waals surface area contributed by atoms with Crippen molar-refractivity contribution in [2.75, 3.05) is 13.1 Å². The fourth-order valence-corrected chi connectivity index (χ4v) is 2.51. The van der Waals surface area contributed by atoms with Gasteiger partial charge in [-0.3, -0.25) is 4.90 Å². The largest absolute Gasteiger partial charge is 0.401 e. The van der Waals surface area contributed by atoms with E-state index in [4.69, 9.17) is 0 Å². The smallest absolute Gasteiger partial charge is 0.292 e. The summed E-state index contributed by atoms with van der Waals surface area (Å²) in [6, 6.07) is 0.0303. The number of piperidine rings is 1. The van der Waals surface area contributed by atoms with Gasteiger partial charge in [0.05, 0.1) is 6.54 Å². The molecule has 2 atom stereocenters. The van der Waals surface area contributed by atoms with Gasteiger partial charge < -0.3 is 0 Å². The molecule has 1 aliphatic rings. The summed E-state index contributed by atoms with van der Waals surface area (Å²) in [5, 5.41) is 0. The minimum atomic E-state index is -4.07. The van der Waals surface area contributed by atoms with E-state index < -0.39 is 12.7 Å². The van der Waals surface area contributed by atoms with Crippen molar-refractivity contribution < 1.29 is 13.2 Å². The molecule has 1 fully saturated rings. The zero-order chi connectivity index (χ0) is 14.6. The molecule has 0 aromatic rings. The molecule has 1 nitrogen and oxygen atoms in total. The van der Waals surface area contributed by atoms with Gasteiger partial charge in [-0.2, -0.15) is 13.2 Å². The monoisotopic (exact) mass is 267 g/mol. The maximum absolute atomic E-state index is 12.3. The van der Waals surface area contributed by atoms with E-state index in [9.17, 15) is 13.2 Å². The summed E-state index contributed by atoms with van der Waals surface area (Å²) in [6.45, 7) is 12.2. The number of hydrogen-bond donors (Lipinski definition) is 0. The second-order valence-electron chi connectivity index (χ2n) is 5.70. The number of halogens is 3. The highest BCUT2D eigenvalue weighted by atomic mass is 19.4. The van der Waals surface area contributed by atoms with Gasteiger partial charge >= 0.3 is 6.18 Å². The number of hydrogen-bond acceptors (Lipinski definition) is 1. The number of rotatable bonds is 2. The van der Waals surface area contributed by atoms with Crippen LogP contribution in [-0.2, 0) is 0 Å². The zero-order valence-electron chi connectivity index (χ0n) is 12.6. The molecule has 1 heterocycles. The topological polar surface area (TPSA) is 3.24 Å². The minimum absolute atomic E-state index is 0.0303. The maximum atomic E-state index is 12.3. The van der Waals surface area contributed by atoms with Crippen LogP contribution in [0.2, 0.25) is 0 Å². The predicted molar refractivity (Wildman–Crippen MR) is 70.6 cm³/mol. The Morgan fingerprint density at radius 1 is 1.28 bits per heavy atom. The first-order valence-electron chi connectivity index (χ1n) is 6.95. The highest BCUT2D eigenvalue weighted by molar-refractivity contribution is 4.89. The molecule has 0 bridgehead atoms. The lowest BCUT2D eigenvalue weighted by Crippen LogP contribution is -2.49. The molecule has 0 aromatic carbocycles. The quantitative estimate of drug-likeness (QED) is 0.699. The Bertz CT molecular complexity index is 238. The number of nitrogens with zero attached hydrogens (tertiary/aromatic N) is 1. The molecule has 18 heavy (non-hydrogen) atoms. The molecule has 0 aliphatic carbocycles. The summed E-state index contributed by atoms with van der Waals surface area (Å²) in [5.41, 5.74) is 0.196. The lowest BCUT2D eigenvalue weighted by molar-refractivity contribution is -0.157. The molecule has 0 spiro atoms. The van der Waals surface area contributed by atoms with Crippen molar-refractivity contribution in [3.05, 3.63) is 0 Å². The molecule has 4 heteroatoms. The highest BCUT2D eigenvalue weighted by Gasteiger charge is 2.40. The molecular weight excluding hydrogens is 239 g/mol. The summed E-state index contributed by atoms with van der Waals surface area (Å²) in [5.74, 6) is 0.531. The van der Waals surface area contributed by atoms with E-state index in [2.05, 4.69) is 20.8 Å². The van der Waals surface area contributed by atoms with Gasteiger partial charge in [-0.1, -0.05) is 34.6 Å². The maximum Gasteiger partial charge on any atom is 0.401 e. The molecule has 1 saturated heterocycles. The van der Waals surface area contributed by atoms with Crippen LogP contribution in [0.1, 0.15) is 54.4 Å². The Kier molecular flexibility index (Phi) is 6.69. The SMILES string of the molecule is CC.CC1CC(C)(C(C)C)CCN1CC(F)(F)F. The molecule has 1 aliphatic heterocycles. The first kappa shape index (κ1) is 17.8. The first-order valence-corrected chi connectivity index (χ1v) is 6.95. The fraction of sp³-hybridized carbons (Fsp3) is 1.00. The van der Waals surface area contributed by atoms with Crippen molar-refractivity contribution in [1.82, 2.24) is 4.90 Å². The lowest BCUT2D eigenvalue weighted by Gasteiger charge is -2.46. The third-order valence-electron chi connectivity index (χ3n) is 4.13. The van der Waals surface area contributed by atoms with Crippen LogP contribution in [0, 0.1) is 11.3 Å². The van der Waals surface area contributed by atoms with Crippen molar-refractivity contribution in [3.8, 4) is 0 Å². The normalized spacial score (nSPS) is 30.0. The lowest BCUT2D eigenvalue weighted by atomic mass is 9.69. The minimum Gasteiger partial charge on any atom is -0.292 e. The molecule has 110 valence electrons. The van der Waals surface area contributed by atoms with E-state index in [1.165, 1.54) is 0 Å². The molecule has 0 N–H and O–H groups in total. The van der Waals surface area contributed by atoms with E-state index in [0.717, 1.165) is 12.8 Å². The van der Waals surface area contributed by atoms with Crippen LogP contribution in [0.3, 0.4) is 0 Å². The van der Waals surface area contributed by atoms with E-state index >= 15 is 0 Å². The van der Waals surface area contributed by atoms with Crippen molar-refractivity contribution in [2.45, 2.75) is 66.6 Å². The van der Waals surface area contributed by atoms with Crippen LogP contribution < -0.4 is 0 Å². The summed E-state index contributed by atoms with van der Waals surface area (Å²) in [7, 11) is 0. The van der Waals surface area contributed by atoms with E-state index in [1.807, 2.05) is 20.8 Å². The van der Waals surface area contributed by atoms with Gasteiger partial charge in [-0.25, -0.2) is 0 Å². The average molecular weight is 267 g/mol. The van der Waals surface area contributed by atoms with Gasteiger partial charge in [0.25, 0.3) is 0 Å². The van der Waals surface area contributed by atoms with Crippen LogP contribution >= 0.6 is 0 Å². The van der Waals surface area contributed by atoms with Crippen LogP contribution in [-0.4, -0.2) is 30.2 Å². The Morgan fingerprint density at radius 3 is 2.11 bits per heavy atom. The summed E-state index contributed by atoms with van der Waals surface area (Å²) < 4.78 is 37.0. The fourth-order valence-electron chi connectivity index (χ4n) is 2.51. The van der Waals surface area contributed by atoms with Crippen molar-refractivity contribution in [2.24, 2.45) is 11.3 Å². The van der Waals surface area contributed by atoms with Gasteiger partial charge in [-0.05, 0) is 37.6 Å². The Morgan fingerprint density at radius 2 is 1.78 bits per heavy atom. The molecule has 0 amide bonds. The standard InChI is InChI=1S/C12H22F3N.C2H6/c1-9(2)11(4)5-6-16(10(3)7-11)8-12(13,14)15;1-2/h9-10H,5-8H2,1-4H3;1-2H3. The van der Waals surface area contributed by atoms with Gasteiger partial charge in [0.1, 0.15) is 0 Å². The van der Waals surface area contributed by atoms with E-state index in [0.29, 0.717) is 12.5 Å². The van der Waals surface area contributed by atoms with Crippen molar-refractivity contribution in [3.63, 3.8) is 0 Å². The average Bonchev–Trinajstić information content (AvgIpc) is 2.24. The molecule has 0 saturated carbocycles. The predicted octanol–water partition coefficient (Wildman–Crippen LogP) is 4.72. The van der Waals surface area contributed by atoms with Crippen LogP contribution in [0.5, 0.6) is 0 Å².